The second-order valence-corrected chi connectivity index (χ2v) is 6.41. The van der Waals surface area contributed by atoms with E-state index in [1.807, 2.05) is 0 Å². The van der Waals surface area contributed by atoms with E-state index in [0.29, 0.717) is 11.4 Å². The zero-order valence-corrected chi connectivity index (χ0v) is 15.6. The van der Waals surface area contributed by atoms with Gasteiger partial charge in [-0.1, -0.05) is 11.6 Å². The van der Waals surface area contributed by atoms with Crippen molar-refractivity contribution in [3.8, 4) is 0 Å². The Bertz CT molecular complexity index is 929. The number of benzene rings is 1. The summed E-state index contributed by atoms with van der Waals surface area (Å²) in [7, 11) is 0. The number of aromatic nitrogens is 1. The minimum Gasteiger partial charge on any atom is -0.449 e. The van der Waals surface area contributed by atoms with Gasteiger partial charge in [0.05, 0.1) is 16.9 Å². The molecule has 1 aromatic carbocycles. The number of carbonyl (C=O) groups excluding carboxylic acids is 4. The lowest BCUT2D eigenvalue weighted by Crippen LogP contribution is -2.30. The molecule has 0 bridgehead atoms. The molecule has 1 aliphatic heterocycles. The van der Waals surface area contributed by atoms with Crippen LogP contribution in [0.5, 0.6) is 0 Å². The normalized spacial score (nSPS) is 14.7. The van der Waals surface area contributed by atoms with Gasteiger partial charge in [0.25, 0.3) is 5.91 Å². The van der Waals surface area contributed by atoms with Gasteiger partial charge in [-0.3, -0.25) is 19.3 Å². The fourth-order valence-corrected chi connectivity index (χ4v) is 2.77. The molecule has 2 aromatic rings. The monoisotopic (exact) mass is 401 g/mol. The number of carbonyl (C=O) groups is 4. The summed E-state index contributed by atoms with van der Waals surface area (Å²) in [6.45, 7) is 1.42. The average Bonchev–Trinajstić information content (AvgIpc) is 3.02. The third-order valence-electron chi connectivity index (χ3n) is 4.08. The molecule has 144 valence electrons. The SMILES string of the molecule is C[C@@H](OC(=O)c1ccc(N2C(=O)CCC2=O)cc1)C(=O)Nc1cccnc1Cl. The molecule has 1 saturated heterocycles. The first-order valence-corrected chi connectivity index (χ1v) is 8.83. The second-order valence-electron chi connectivity index (χ2n) is 6.05. The summed E-state index contributed by atoms with van der Waals surface area (Å²) in [5.74, 6) is -1.84. The topological polar surface area (TPSA) is 106 Å². The predicted octanol–water partition coefficient (Wildman–Crippen LogP) is 2.57. The highest BCUT2D eigenvalue weighted by Gasteiger charge is 2.30. The zero-order valence-electron chi connectivity index (χ0n) is 14.8. The number of esters is 1. The summed E-state index contributed by atoms with van der Waals surface area (Å²) in [6.07, 6.45) is 0.756. The first-order valence-electron chi connectivity index (χ1n) is 8.45. The van der Waals surface area contributed by atoms with E-state index >= 15 is 0 Å². The minimum absolute atomic E-state index is 0.121. The van der Waals surface area contributed by atoms with Crippen molar-refractivity contribution in [2.45, 2.75) is 25.9 Å². The molecule has 1 aromatic heterocycles. The third kappa shape index (κ3) is 4.17. The highest BCUT2D eigenvalue weighted by atomic mass is 35.5. The van der Waals surface area contributed by atoms with Crippen LogP contribution in [0.15, 0.2) is 42.6 Å². The van der Waals surface area contributed by atoms with E-state index in [1.54, 1.807) is 12.1 Å². The van der Waals surface area contributed by atoms with Crippen LogP contribution in [0.3, 0.4) is 0 Å². The number of hydrogen-bond acceptors (Lipinski definition) is 6. The first kappa shape index (κ1) is 19.5. The Hall–Kier alpha value is -3.26. The summed E-state index contributed by atoms with van der Waals surface area (Å²) in [4.78, 5) is 52.9. The van der Waals surface area contributed by atoms with Crippen molar-refractivity contribution in [2.24, 2.45) is 0 Å². The summed E-state index contributed by atoms with van der Waals surface area (Å²) in [5, 5.41) is 2.65. The molecule has 9 heteroatoms. The summed E-state index contributed by atoms with van der Waals surface area (Å²) >= 11 is 5.88. The smallest absolute Gasteiger partial charge is 0.338 e. The van der Waals surface area contributed by atoms with Gasteiger partial charge in [-0.2, -0.15) is 0 Å². The number of ether oxygens (including phenoxy) is 1. The quantitative estimate of drug-likeness (QED) is 0.469. The lowest BCUT2D eigenvalue weighted by Gasteiger charge is -2.15. The molecule has 1 atom stereocenters. The molecule has 1 N–H and O–H groups in total. The molecule has 3 rings (SSSR count). The van der Waals surface area contributed by atoms with Crippen LogP contribution in [0.25, 0.3) is 0 Å². The van der Waals surface area contributed by atoms with E-state index < -0.39 is 18.0 Å². The van der Waals surface area contributed by atoms with Gasteiger partial charge in [0.1, 0.15) is 0 Å². The lowest BCUT2D eigenvalue weighted by molar-refractivity contribution is -0.124. The van der Waals surface area contributed by atoms with Gasteiger partial charge < -0.3 is 10.1 Å². The Kier molecular flexibility index (Phi) is 5.70. The van der Waals surface area contributed by atoms with E-state index in [1.165, 1.54) is 37.4 Å². The Morgan fingerprint density at radius 1 is 1.14 bits per heavy atom. The van der Waals surface area contributed by atoms with E-state index in [4.69, 9.17) is 16.3 Å². The number of nitrogens with one attached hydrogen (secondary N) is 1. The van der Waals surface area contributed by atoms with Crippen molar-refractivity contribution in [3.63, 3.8) is 0 Å². The number of halogens is 1. The van der Waals surface area contributed by atoms with Crippen LogP contribution in [-0.2, 0) is 19.1 Å². The van der Waals surface area contributed by atoms with Crippen LogP contribution in [-0.4, -0.2) is 34.8 Å². The molecule has 28 heavy (non-hydrogen) atoms. The molecular formula is C19H16ClN3O5. The van der Waals surface area contributed by atoms with E-state index in [2.05, 4.69) is 10.3 Å². The Morgan fingerprint density at radius 2 is 1.79 bits per heavy atom. The van der Waals surface area contributed by atoms with Crippen LogP contribution in [0.2, 0.25) is 5.15 Å². The van der Waals surface area contributed by atoms with Crippen molar-refractivity contribution < 1.29 is 23.9 Å². The maximum absolute atomic E-state index is 12.3. The lowest BCUT2D eigenvalue weighted by atomic mass is 10.2. The minimum atomic E-state index is -1.08. The maximum Gasteiger partial charge on any atom is 0.338 e. The molecule has 0 aliphatic carbocycles. The number of hydrogen-bond donors (Lipinski definition) is 1. The average molecular weight is 402 g/mol. The van der Waals surface area contributed by atoms with E-state index in [9.17, 15) is 19.2 Å². The van der Waals surface area contributed by atoms with Crippen molar-refractivity contribution in [3.05, 3.63) is 53.3 Å². The van der Waals surface area contributed by atoms with Gasteiger partial charge in [-0.15, -0.1) is 0 Å². The summed E-state index contributed by atoms with van der Waals surface area (Å²) in [6, 6.07) is 9.01. The number of pyridine rings is 1. The van der Waals surface area contributed by atoms with Crippen LogP contribution in [0, 0.1) is 0 Å². The fraction of sp³-hybridized carbons (Fsp3) is 0.211. The van der Waals surface area contributed by atoms with Crippen molar-refractivity contribution >= 4 is 46.7 Å². The molecular weight excluding hydrogens is 386 g/mol. The predicted molar refractivity (Wildman–Crippen MR) is 101 cm³/mol. The molecule has 0 unspecified atom stereocenters. The van der Waals surface area contributed by atoms with Gasteiger partial charge in [0.15, 0.2) is 11.3 Å². The van der Waals surface area contributed by atoms with Crippen LogP contribution < -0.4 is 10.2 Å². The van der Waals surface area contributed by atoms with E-state index in [-0.39, 0.29) is 35.4 Å². The van der Waals surface area contributed by atoms with Crippen molar-refractivity contribution in [1.29, 1.82) is 0 Å². The zero-order chi connectivity index (χ0) is 20.3. The highest BCUT2D eigenvalue weighted by Crippen LogP contribution is 2.23. The number of imide groups is 1. The molecule has 1 fully saturated rings. The molecule has 1 aliphatic rings. The standard InChI is InChI=1S/C19H16ClN3O5/c1-11(18(26)22-14-3-2-10-21-17(14)20)28-19(27)12-4-6-13(7-5-12)23-15(24)8-9-16(23)25/h2-7,10-11H,8-9H2,1H3,(H,22,26)/t11-/m1/s1. The van der Waals surface area contributed by atoms with Crippen LogP contribution >= 0.6 is 11.6 Å². The molecule has 0 spiro atoms. The largest absolute Gasteiger partial charge is 0.449 e. The maximum atomic E-state index is 12.3. The Balaban J connectivity index is 1.62. The summed E-state index contributed by atoms with van der Waals surface area (Å²) < 4.78 is 5.16. The first-order chi connectivity index (χ1) is 13.4. The van der Waals surface area contributed by atoms with Crippen molar-refractivity contribution in [1.82, 2.24) is 4.98 Å². The number of rotatable bonds is 5. The van der Waals surface area contributed by atoms with Crippen LogP contribution in [0.1, 0.15) is 30.1 Å². The van der Waals surface area contributed by atoms with Gasteiger partial charge in [-0.05, 0) is 43.3 Å². The molecule has 0 saturated carbocycles. The fourth-order valence-electron chi connectivity index (χ4n) is 2.61. The van der Waals surface area contributed by atoms with Gasteiger partial charge in [-0.25, -0.2) is 9.78 Å². The molecule has 0 radical (unpaired) electrons. The van der Waals surface area contributed by atoms with Gasteiger partial charge in [0.2, 0.25) is 11.8 Å². The van der Waals surface area contributed by atoms with Crippen molar-refractivity contribution in [2.75, 3.05) is 10.2 Å². The Morgan fingerprint density at radius 3 is 2.39 bits per heavy atom. The van der Waals surface area contributed by atoms with Crippen LogP contribution in [0.4, 0.5) is 11.4 Å². The third-order valence-corrected chi connectivity index (χ3v) is 4.38. The Labute approximate surface area is 165 Å². The number of nitrogens with zero attached hydrogens (tertiary/aromatic N) is 2. The highest BCUT2D eigenvalue weighted by molar-refractivity contribution is 6.32. The molecule has 2 heterocycles. The summed E-state index contributed by atoms with van der Waals surface area (Å²) in [5.41, 5.74) is 0.879. The number of anilines is 2. The van der Waals surface area contributed by atoms with Gasteiger partial charge >= 0.3 is 5.97 Å². The molecule has 8 nitrogen and oxygen atoms in total. The van der Waals surface area contributed by atoms with E-state index in [0.717, 1.165) is 4.90 Å². The number of amides is 3. The van der Waals surface area contributed by atoms with Gasteiger partial charge in [0, 0.05) is 19.0 Å². The second kappa shape index (κ2) is 8.18. The molecule has 3 amide bonds.